The number of hydrogen-bond donors (Lipinski definition) is 2. The van der Waals surface area contributed by atoms with Crippen LogP contribution in [0.5, 0.6) is 11.5 Å². The van der Waals surface area contributed by atoms with Crippen LogP contribution in [0.1, 0.15) is 0 Å². The minimum absolute atomic E-state index is 0.217. The third kappa shape index (κ3) is 2.60. The van der Waals surface area contributed by atoms with Crippen molar-refractivity contribution in [2.24, 2.45) is 0 Å². The molecule has 3 rings (SSSR count). The first-order valence-electron chi connectivity index (χ1n) is 5.84. The van der Waals surface area contributed by atoms with E-state index in [0.717, 1.165) is 5.69 Å². The first-order valence-corrected chi connectivity index (χ1v) is 5.84. The van der Waals surface area contributed by atoms with E-state index < -0.39 is 0 Å². The number of amides is 2. The summed E-state index contributed by atoms with van der Waals surface area (Å²) in [6.07, 6.45) is 0. The van der Waals surface area contributed by atoms with Gasteiger partial charge in [-0.1, -0.05) is 18.2 Å². The zero-order valence-corrected chi connectivity index (χ0v) is 10.1. The zero-order valence-electron chi connectivity index (χ0n) is 10.1. The maximum Gasteiger partial charge on any atom is 0.323 e. The number of hydrogen-bond acceptors (Lipinski definition) is 3. The first kappa shape index (κ1) is 11.4. The number of benzene rings is 2. The molecule has 0 radical (unpaired) electrons. The van der Waals surface area contributed by atoms with Crippen molar-refractivity contribution in [3.63, 3.8) is 0 Å². The Hall–Kier alpha value is -2.69. The van der Waals surface area contributed by atoms with Crippen LogP contribution in [0.3, 0.4) is 0 Å². The molecule has 2 N–H and O–H groups in total. The van der Waals surface area contributed by atoms with Gasteiger partial charge in [0.1, 0.15) is 0 Å². The summed E-state index contributed by atoms with van der Waals surface area (Å²) in [4.78, 5) is 11.8. The largest absolute Gasteiger partial charge is 0.454 e. The van der Waals surface area contributed by atoms with E-state index >= 15 is 0 Å². The van der Waals surface area contributed by atoms with E-state index in [1.165, 1.54) is 0 Å². The van der Waals surface area contributed by atoms with Crippen LogP contribution in [0, 0.1) is 0 Å². The Kier molecular flexibility index (Phi) is 2.94. The van der Waals surface area contributed by atoms with Crippen LogP contribution in [-0.4, -0.2) is 12.8 Å². The molecule has 0 aromatic heterocycles. The van der Waals surface area contributed by atoms with Crippen LogP contribution >= 0.6 is 0 Å². The van der Waals surface area contributed by atoms with Gasteiger partial charge in [0.25, 0.3) is 0 Å². The van der Waals surface area contributed by atoms with Gasteiger partial charge in [0.15, 0.2) is 11.5 Å². The molecular formula is C14H12N2O3. The van der Waals surface area contributed by atoms with E-state index in [1.807, 2.05) is 30.3 Å². The van der Waals surface area contributed by atoms with Gasteiger partial charge in [0.05, 0.1) is 0 Å². The highest BCUT2D eigenvalue weighted by Crippen LogP contribution is 2.34. The Morgan fingerprint density at radius 3 is 2.47 bits per heavy atom. The third-order valence-corrected chi connectivity index (χ3v) is 2.66. The quantitative estimate of drug-likeness (QED) is 0.868. The van der Waals surface area contributed by atoms with E-state index in [-0.39, 0.29) is 12.8 Å². The molecule has 0 unspecified atom stereocenters. The van der Waals surface area contributed by atoms with Crippen molar-refractivity contribution in [1.82, 2.24) is 0 Å². The topological polar surface area (TPSA) is 59.6 Å². The van der Waals surface area contributed by atoms with Crippen molar-refractivity contribution in [2.45, 2.75) is 0 Å². The molecule has 2 aromatic rings. The van der Waals surface area contributed by atoms with Gasteiger partial charge in [0.2, 0.25) is 6.79 Å². The monoisotopic (exact) mass is 256 g/mol. The van der Waals surface area contributed by atoms with Crippen molar-refractivity contribution < 1.29 is 14.3 Å². The second kappa shape index (κ2) is 4.89. The van der Waals surface area contributed by atoms with Crippen LogP contribution in [0.25, 0.3) is 0 Å². The zero-order chi connectivity index (χ0) is 13.1. The van der Waals surface area contributed by atoms with Gasteiger partial charge in [-0.25, -0.2) is 4.79 Å². The lowest BCUT2D eigenvalue weighted by molar-refractivity contribution is 0.174. The number of carbonyl (C=O) groups excluding carboxylic acids is 1. The fourth-order valence-corrected chi connectivity index (χ4v) is 1.79. The number of anilines is 2. The molecule has 0 atom stereocenters. The molecule has 1 heterocycles. The number of para-hydroxylation sites is 1. The maximum atomic E-state index is 11.8. The summed E-state index contributed by atoms with van der Waals surface area (Å²) in [5.74, 6) is 1.33. The highest BCUT2D eigenvalue weighted by Gasteiger charge is 2.13. The number of fused-ring (bicyclic) bond motifs is 1. The van der Waals surface area contributed by atoms with Crippen LogP contribution < -0.4 is 20.1 Å². The highest BCUT2D eigenvalue weighted by molar-refractivity contribution is 5.99. The molecule has 2 amide bonds. The average Bonchev–Trinajstić information content (AvgIpc) is 2.87. The van der Waals surface area contributed by atoms with Gasteiger partial charge in [0, 0.05) is 17.4 Å². The molecular weight excluding hydrogens is 244 g/mol. The Morgan fingerprint density at radius 1 is 0.895 bits per heavy atom. The van der Waals surface area contributed by atoms with E-state index in [2.05, 4.69) is 10.6 Å². The lowest BCUT2D eigenvalue weighted by atomic mass is 10.3. The fourth-order valence-electron chi connectivity index (χ4n) is 1.79. The number of carbonyl (C=O) groups is 1. The van der Waals surface area contributed by atoms with E-state index in [4.69, 9.17) is 9.47 Å². The van der Waals surface area contributed by atoms with Gasteiger partial charge in [-0.2, -0.15) is 0 Å². The van der Waals surface area contributed by atoms with E-state index in [9.17, 15) is 4.79 Å². The molecule has 0 saturated heterocycles. The molecule has 1 aliphatic rings. The van der Waals surface area contributed by atoms with Gasteiger partial charge in [-0.05, 0) is 24.3 Å². The molecule has 19 heavy (non-hydrogen) atoms. The number of urea groups is 1. The van der Waals surface area contributed by atoms with Crippen LogP contribution in [0.15, 0.2) is 48.5 Å². The summed E-state index contributed by atoms with van der Waals surface area (Å²) in [5, 5.41) is 5.47. The van der Waals surface area contributed by atoms with Gasteiger partial charge < -0.3 is 20.1 Å². The first-order chi connectivity index (χ1) is 9.31. The molecule has 1 aliphatic heterocycles. The average molecular weight is 256 g/mol. The molecule has 2 aromatic carbocycles. The van der Waals surface area contributed by atoms with E-state index in [1.54, 1.807) is 18.2 Å². The Morgan fingerprint density at radius 2 is 1.63 bits per heavy atom. The summed E-state index contributed by atoms with van der Waals surface area (Å²) < 4.78 is 10.4. The minimum atomic E-state index is -0.301. The number of rotatable bonds is 2. The predicted molar refractivity (Wildman–Crippen MR) is 71.6 cm³/mol. The summed E-state index contributed by atoms with van der Waals surface area (Å²) in [5.41, 5.74) is 1.39. The van der Waals surface area contributed by atoms with Gasteiger partial charge in [-0.15, -0.1) is 0 Å². The molecule has 0 saturated carbocycles. The second-order valence-electron chi connectivity index (χ2n) is 4.01. The van der Waals surface area contributed by atoms with Crippen LogP contribution in [0.4, 0.5) is 16.2 Å². The molecule has 0 aliphatic carbocycles. The fraction of sp³-hybridized carbons (Fsp3) is 0.0714. The minimum Gasteiger partial charge on any atom is -0.454 e. The number of nitrogens with one attached hydrogen (secondary N) is 2. The SMILES string of the molecule is O=C(Nc1ccccc1)Nc1ccc2c(c1)OCO2. The maximum absolute atomic E-state index is 11.8. The lowest BCUT2D eigenvalue weighted by Gasteiger charge is -2.08. The summed E-state index contributed by atoms with van der Waals surface area (Å²) in [6, 6.07) is 14.2. The highest BCUT2D eigenvalue weighted by atomic mass is 16.7. The van der Waals surface area contributed by atoms with Crippen LogP contribution in [-0.2, 0) is 0 Å². The van der Waals surface area contributed by atoms with Crippen molar-refractivity contribution in [2.75, 3.05) is 17.4 Å². The molecule has 0 bridgehead atoms. The van der Waals surface area contributed by atoms with E-state index in [0.29, 0.717) is 17.2 Å². The summed E-state index contributed by atoms with van der Waals surface area (Å²) in [7, 11) is 0. The van der Waals surface area contributed by atoms with Crippen molar-refractivity contribution >= 4 is 17.4 Å². The second-order valence-corrected chi connectivity index (χ2v) is 4.01. The third-order valence-electron chi connectivity index (χ3n) is 2.66. The van der Waals surface area contributed by atoms with Crippen molar-refractivity contribution in [3.8, 4) is 11.5 Å². The molecule has 0 spiro atoms. The Balaban J connectivity index is 1.66. The standard InChI is InChI=1S/C14H12N2O3/c17-14(15-10-4-2-1-3-5-10)16-11-6-7-12-13(8-11)19-9-18-12/h1-8H,9H2,(H2,15,16,17). The predicted octanol–water partition coefficient (Wildman–Crippen LogP) is 3.06. The molecule has 0 fully saturated rings. The Labute approximate surface area is 110 Å². The normalized spacial score (nSPS) is 12.0. The molecule has 5 nitrogen and oxygen atoms in total. The number of ether oxygens (including phenoxy) is 2. The van der Waals surface area contributed by atoms with Gasteiger partial charge >= 0.3 is 6.03 Å². The van der Waals surface area contributed by atoms with Crippen molar-refractivity contribution in [1.29, 1.82) is 0 Å². The molecule has 96 valence electrons. The van der Waals surface area contributed by atoms with Crippen molar-refractivity contribution in [3.05, 3.63) is 48.5 Å². The summed E-state index contributed by atoms with van der Waals surface area (Å²) in [6.45, 7) is 0.217. The van der Waals surface area contributed by atoms with Crippen LogP contribution in [0.2, 0.25) is 0 Å². The lowest BCUT2D eigenvalue weighted by Crippen LogP contribution is -2.19. The summed E-state index contributed by atoms with van der Waals surface area (Å²) >= 11 is 0. The Bertz CT molecular complexity index is 599. The van der Waals surface area contributed by atoms with Gasteiger partial charge in [-0.3, -0.25) is 0 Å². The molecule has 5 heteroatoms. The smallest absolute Gasteiger partial charge is 0.323 e.